The Kier molecular flexibility index (Phi) is 9.85. The van der Waals surface area contributed by atoms with Crippen molar-refractivity contribution in [3.63, 3.8) is 0 Å². The lowest BCUT2D eigenvalue weighted by Crippen LogP contribution is -1.95. The summed E-state index contributed by atoms with van der Waals surface area (Å²) in [6.45, 7) is 9.05. The summed E-state index contributed by atoms with van der Waals surface area (Å²) in [7, 11) is 1.45. The van der Waals surface area contributed by atoms with Crippen LogP contribution in [0.2, 0.25) is 0 Å². The highest BCUT2D eigenvalue weighted by atomic mass is 33.1. The molecule has 0 atom stereocenters. The Morgan fingerprint density at radius 1 is 1.00 bits per heavy atom. The molecule has 0 aromatic carbocycles. The average Bonchev–Trinajstić information content (AvgIpc) is 2.41. The normalized spacial score (nSPS) is 11.6. The Morgan fingerprint density at radius 3 is 2.05 bits per heavy atom. The van der Waals surface area contributed by atoms with Gasteiger partial charge in [-0.3, -0.25) is 0 Å². The van der Waals surface area contributed by atoms with Gasteiger partial charge in [0, 0.05) is 11.4 Å². The van der Waals surface area contributed by atoms with E-state index in [0.717, 1.165) is 0 Å². The zero-order valence-corrected chi connectivity index (χ0v) is 16.0. The average molecular weight is 332 g/mol. The van der Waals surface area contributed by atoms with Crippen molar-refractivity contribution < 1.29 is 0 Å². The largest absolute Gasteiger partial charge is 0.118 e. The summed E-state index contributed by atoms with van der Waals surface area (Å²) >= 11 is 4.43. The highest BCUT2D eigenvalue weighted by Gasteiger charge is 2.13. The van der Waals surface area contributed by atoms with Gasteiger partial charge in [0.05, 0.1) is 0 Å². The highest BCUT2D eigenvalue weighted by Crippen LogP contribution is 2.61. The fourth-order valence-electron chi connectivity index (χ4n) is 1.46. The van der Waals surface area contributed by atoms with Crippen molar-refractivity contribution in [3.8, 4) is 0 Å². The second-order valence-corrected chi connectivity index (χ2v) is 12.9. The first-order valence-electron chi connectivity index (χ1n) is 7.18. The lowest BCUT2D eigenvalue weighted by Gasteiger charge is -2.17. The predicted octanol–water partition coefficient (Wildman–Crippen LogP) is 6.89. The molecule has 1 heterocycles. The molecule has 0 aliphatic heterocycles. The molecule has 0 radical (unpaired) electrons. The molecule has 1 aromatic rings. The summed E-state index contributed by atoms with van der Waals surface area (Å²) in [5.74, 6) is 5.05. The highest BCUT2D eigenvalue weighted by molar-refractivity contribution is 8.90. The van der Waals surface area contributed by atoms with Crippen LogP contribution >= 0.6 is 37.3 Å². The molecule has 0 spiro atoms. The SMILES string of the molecule is CCCCSP(SCCCC)c1cc(C)c(C)cp1. The number of hydrogen-bond donors (Lipinski definition) is 0. The molecular formula is C15H26P2S2. The molecule has 0 fully saturated rings. The smallest absolute Gasteiger partial charge is 0.0485 e. The van der Waals surface area contributed by atoms with E-state index in [1.807, 2.05) is 0 Å². The van der Waals surface area contributed by atoms with Crippen molar-refractivity contribution in [1.29, 1.82) is 0 Å². The molecule has 0 amide bonds. The van der Waals surface area contributed by atoms with Crippen LogP contribution in [0, 0.1) is 13.8 Å². The maximum atomic E-state index is 2.46. The van der Waals surface area contributed by atoms with Crippen LogP contribution in [-0.2, 0) is 0 Å². The summed E-state index contributed by atoms with van der Waals surface area (Å²) in [4.78, 5) is 0. The van der Waals surface area contributed by atoms with Crippen molar-refractivity contribution in [1.82, 2.24) is 0 Å². The summed E-state index contributed by atoms with van der Waals surface area (Å²) < 4.78 is 0. The molecular weight excluding hydrogens is 306 g/mol. The monoisotopic (exact) mass is 332 g/mol. The quantitative estimate of drug-likeness (QED) is 0.357. The summed E-state index contributed by atoms with van der Waals surface area (Å²) in [6.07, 6.45) is 5.32. The van der Waals surface area contributed by atoms with E-state index in [2.05, 4.69) is 62.3 Å². The van der Waals surface area contributed by atoms with Crippen LogP contribution in [0.3, 0.4) is 0 Å². The maximum absolute atomic E-state index is 2.46. The Bertz CT molecular complexity index is 359. The van der Waals surface area contributed by atoms with Crippen molar-refractivity contribution in [2.24, 2.45) is 0 Å². The van der Waals surface area contributed by atoms with Gasteiger partial charge in [-0.2, -0.15) is 0 Å². The van der Waals surface area contributed by atoms with Gasteiger partial charge in [-0.05, 0) is 61.2 Å². The van der Waals surface area contributed by atoms with E-state index in [-0.39, 0.29) is 6.33 Å². The van der Waals surface area contributed by atoms with Crippen LogP contribution in [0.5, 0.6) is 0 Å². The Balaban J connectivity index is 2.66. The lowest BCUT2D eigenvalue weighted by molar-refractivity contribution is 0.898. The maximum Gasteiger partial charge on any atom is 0.0485 e. The van der Waals surface area contributed by atoms with Crippen LogP contribution < -0.4 is 5.04 Å². The fraction of sp³-hybridized carbons (Fsp3) is 0.667. The van der Waals surface area contributed by atoms with Crippen LogP contribution in [0.15, 0.2) is 11.9 Å². The topological polar surface area (TPSA) is 0 Å². The van der Waals surface area contributed by atoms with Gasteiger partial charge in [0.2, 0.25) is 0 Å². The van der Waals surface area contributed by atoms with Crippen LogP contribution in [-0.4, -0.2) is 11.5 Å². The van der Waals surface area contributed by atoms with E-state index < -0.39 is 0 Å². The van der Waals surface area contributed by atoms with E-state index in [4.69, 9.17) is 0 Å². The summed E-state index contributed by atoms with van der Waals surface area (Å²) in [5.41, 5.74) is 2.92. The number of aryl methyl sites for hydroxylation is 2. The van der Waals surface area contributed by atoms with Gasteiger partial charge in [0.1, 0.15) is 0 Å². The summed E-state index contributed by atoms with van der Waals surface area (Å²) in [6, 6.07) is 2.46. The molecule has 1 rings (SSSR count). The molecule has 108 valence electrons. The molecule has 1 aromatic heterocycles. The van der Waals surface area contributed by atoms with E-state index >= 15 is 0 Å². The van der Waals surface area contributed by atoms with Gasteiger partial charge in [0.15, 0.2) is 0 Å². The third-order valence-corrected chi connectivity index (χ3v) is 13.1. The third kappa shape index (κ3) is 6.85. The Labute approximate surface area is 130 Å². The van der Waals surface area contributed by atoms with Gasteiger partial charge in [0.25, 0.3) is 0 Å². The standard InChI is InChI=1S/C15H26P2S2/c1-5-7-9-18-17(19-10-8-6-2)15-11-13(3)14(4)12-16-15/h11-12H,5-10H2,1-4H3. The van der Waals surface area contributed by atoms with Gasteiger partial charge < -0.3 is 0 Å². The van der Waals surface area contributed by atoms with E-state index in [9.17, 15) is 0 Å². The van der Waals surface area contributed by atoms with Crippen molar-refractivity contribution in [3.05, 3.63) is 23.0 Å². The van der Waals surface area contributed by atoms with Crippen LogP contribution in [0.25, 0.3) is 0 Å². The van der Waals surface area contributed by atoms with Gasteiger partial charge >= 0.3 is 0 Å². The number of hydrogen-bond acceptors (Lipinski definition) is 2. The number of rotatable bonds is 9. The van der Waals surface area contributed by atoms with Crippen molar-refractivity contribution in [2.75, 3.05) is 11.5 Å². The molecule has 0 aliphatic rings. The van der Waals surface area contributed by atoms with E-state index in [1.54, 1.807) is 5.04 Å². The first-order valence-corrected chi connectivity index (χ1v) is 12.7. The minimum atomic E-state index is -0.0310. The van der Waals surface area contributed by atoms with Crippen LogP contribution in [0.4, 0.5) is 0 Å². The minimum Gasteiger partial charge on any atom is -0.118 e. The molecule has 0 nitrogen and oxygen atoms in total. The summed E-state index contributed by atoms with van der Waals surface area (Å²) in [5, 5.41) is 1.67. The second kappa shape index (κ2) is 10.5. The van der Waals surface area contributed by atoms with Crippen LogP contribution in [0.1, 0.15) is 50.7 Å². The fourth-order valence-corrected chi connectivity index (χ4v) is 11.6. The van der Waals surface area contributed by atoms with Crippen molar-refractivity contribution in [2.45, 2.75) is 53.4 Å². The first-order chi connectivity index (χ1) is 9.19. The molecule has 0 N–H and O–H groups in total. The molecule has 0 saturated carbocycles. The molecule has 0 unspecified atom stereocenters. The van der Waals surface area contributed by atoms with Gasteiger partial charge in [-0.25, -0.2) is 0 Å². The second-order valence-electron chi connectivity index (χ2n) is 4.76. The number of unbranched alkanes of at least 4 members (excludes halogenated alkanes) is 2. The third-order valence-electron chi connectivity index (χ3n) is 2.96. The Hall–Kier alpha value is 0.780. The van der Waals surface area contributed by atoms with E-state index in [0.29, 0.717) is 0 Å². The van der Waals surface area contributed by atoms with E-state index in [1.165, 1.54) is 56.5 Å². The lowest BCUT2D eigenvalue weighted by atomic mass is 10.2. The zero-order valence-electron chi connectivity index (χ0n) is 12.6. The molecule has 0 saturated heterocycles. The van der Waals surface area contributed by atoms with Gasteiger partial charge in [-0.15, -0.1) is 22.8 Å². The predicted molar refractivity (Wildman–Crippen MR) is 99.7 cm³/mol. The molecule has 0 bridgehead atoms. The first kappa shape index (κ1) is 17.8. The zero-order chi connectivity index (χ0) is 14.1. The van der Waals surface area contributed by atoms with Gasteiger partial charge in [-0.1, -0.05) is 34.9 Å². The minimum absolute atomic E-state index is 0.0310. The molecule has 19 heavy (non-hydrogen) atoms. The Morgan fingerprint density at radius 2 is 1.58 bits per heavy atom. The van der Waals surface area contributed by atoms with Crippen molar-refractivity contribution >= 4 is 42.3 Å². The molecule has 4 heteroatoms. The molecule has 0 aliphatic carbocycles.